The molecule has 2 heterocycles. The van der Waals surface area contributed by atoms with Gasteiger partial charge in [0.2, 0.25) is 0 Å². The van der Waals surface area contributed by atoms with Crippen molar-refractivity contribution in [2.75, 3.05) is 39.8 Å². The van der Waals surface area contributed by atoms with E-state index in [-0.39, 0.29) is 6.03 Å². The molecule has 5 nitrogen and oxygen atoms in total. The van der Waals surface area contributed by atoms with Gasteiger partial charge in [0, 0.05) is 25.7 Å². The van der Waals surface area contributed by atoms with Crippen molar-refractivity contribution in [1.29, 1.82) is 0 Å². The number of rotatable bonds is 5. The average molecular weight is 345 g/mol. The highest BCUT2D eigenvalue weighted by Gasteiger charge is 2.21. The Labute approximate surface area is 151 Å². The molecule has 2 fully saturated rings. The fraction of sp³-hybridized carbons (Fsp3) is 0.650. The van der Waals surface area contributed by atoms with Crippen LogP contribution in [0.2, 0.25) is 0 Å². The zero-order valence-corrected chi connectivity index (χ0v) is 15.4. The highest BCUT2D eigenvalue weighted by Crippen LogP contribution is 2.18. The van der Waals surface area contributed by atoms with Gasteiger partial charge in [0.25, 0.3) is 0 Å². The number of benzene rings is 1. The first-order valence-electron chi connectivity index (χ1n) is 9.68. The van der Waals surface area contributed by atoms with E-state index in [9.17, 15) is 4.79 Å². The SMILES string of the molecule is CN1CCCC(NC(=O)NCC2CCN(Cc3ccccc3)CC2)C1. The second kappa shape index (κ2) is 9.20. The Morgan fingerprint density at radius 2 is 1.88 bits per heavy atom. The van der Waals surface area contributed by atoms with Gasteiger partial charge in [0.15, 0.2) is 0 Å². The molecule has 138 valence electrons. The topological polar surface area (TPSA) is 47.6 Å². The molecule has 5 heteroatoms. The lowest BCUT2D eigenvalue weighted by Gasteiger charge is -2.33. The van der Waals surface area contributed by atoms with Crippen molar-refractivity contribution in [3.05, 3.63) is 35.9 Å². The van der Waals surface area contributed by atoms with Gasteiger partial charge in [0.05, 0.1) is 0 Å². The number of likely N-dealkylation sites (tertiary alicyclic amines) is 2. The first-order chi connectivity index (χ1) is 12.2. The lowest BCUT2D eigenvalue weighted by atomic mass is 9.96. The molecule has 2 aliphatic rings. The van der Waals surface area contributed by atoms with Gasteiger partial charge in [-0.15, -0.1) is 0 Å². The van der Waals surface area contributed by atoms with Crippen LogP contribution in [0.25, 0.3) is 0 Å². The van der Waals surface area contributed by atoms with Crippen LogP contribution < -0.4 is 10.6 Å². The summed E-state index contributed by atoms with van der Waals surface area (Å²) in [6.45, 7) is 6.18. The van der Waals surface area contributed by atoms with Gasteiger partial charge in [-0.25, -0.2) is 4.79 Å². The molecule has 0 saturated carbocycles. The van der Waals surface area contributed by atoms with Crippen LogP contribution in [0.4, 0.5) is 4.79 Å². The summed E-state index contributed by atoms with van der Waals surface area (Å²) >= 11 is 0. The highest BCUT2D eigenvalue weighted by molar-refractivity contribution is 5.74. The predicted octanol–water partition coefficient (Wildman–Crippen LogP) is 2.29. The quantitative estimate of drug-likeness (QED) is 0.862. The van der Waals surface area contributed by atoms with Gasteiger partial charge < -0.3 is 15.5 Å². The molecule has 0 aromatic heterocycles. The molecule has 25 heavy (non-hydrogen) atoms. The molecule has 0 bridgehead atoms. The van der Waals surface area contributed by atoms with Crippen molar-refractivity contribution in [3.63, 3.8) is 0 Å². The van der Waals surface area contributed by atoms with E-state index in [0.717, 1.165) is 45.7 Å². The number of nitrogens with zero attached hydrogens (tertiary/aromatic N) is 2. The van der Waals surface area contributed by atoms with Gasteiger partial charge in [-0.05, 0) is 63.8 Å². The van der Waals surface area contributed by atoms with Crippen molar-refractivity contribution in [2.45, 2.75) is 38.3 Å². The van der Waals surface area contributed by atoms with Crippen LogP contribution in [0.15, 0.2) is 30.3 Å². The third kappa shape index (κ3) is 6.01. The summed E-state index contributed by atoms with van der Waals surface area (Å²) in [4.78, 5) is 16.9. The van der Waals surface area contributed by atoms with Crippen LogP contribution in [0.1, 0.15) is 31.2 Å². The Morgan fingerprint density at radius 1 is 1.12 bits per heavy atom. The Kier molecular flexibility index (Phi) is 6.70. The van der Waals surface area contributed by atoms with E-state index in [2.05, 4.69) is 57.8 Å². The maximum atomic E-state index is 12.1. The van der Waals surface area contributed by atoms with Crippen LogP contribution in [0.3, 0.4) is 0 Å². The first-order valence-corrected chi connectivity index (χ1v) is 9.68. The van der Waals surface area contributed by atoms with Crippen LogP contribution in [0.5, 0.6) is 0 Å². The fourth-order valence-corrected chi connectivity index (χ4v) is 3.95. The summed E-state index contributed by atoms with van der Waals surface area (Å²) < 4.78 is 0. The number of urea groups is 1. The number of piperidine rings is 2. The largest absolute Gasteiger partial charge is 0.338 e. The summed E-state index contributed by atoms with van der Waals surface area (Å²) in [6, 6.07) is 11.0. The van der Waals surface area contributed by atoms with Crippen molar-refractivity contribution in [1.82, 2.24) is 20.4 Å². The van der Waals surface area contributed by atoms with Crippen molar-refractivity contribution in [3.8, 4) is 0 Å². The maximum absolute atomic E-state index is 12.1. The van der Waals surface area contributed by atoms with Crippen LogP contribution in [-0.4, -0.2) is 61.6 Å². The zero-order valence-electron chi connectivity index (χ0n) is 15.4. The van der Waals surface area contributed by atoms with Crippen LogP contribution >= 0.6 is 0 Å². The molecule has 2 saturated heterocycles. The Bertz CT molecular complexity index is 528. The van der Waals surface area contributed by atoms with Crippen LogP contribution in [-0.2, 0) is 6.54 Å². The van der Waals surface area contributed by atoms with Crippen molar-refractivity contribution >= 4 is 6.03 Å². The number of nitrogens with one attached hydrogen (secondary N) is 2. The lowest BCUT2D eigenvalue weighted by Crippen LogP contribution is -2.50. The lowest BCUT2D eigenvalue weighted by molar-refractivity contribution is 0.173. The predicted molar refractivity (Wildman–Crippen MR) is 101 cm³/mol. The highest BCUT2D eigenvalue weighted by atomic mass is 16.2. The van der Waals surface area contributed by atoms with E-state index in [1.54, 1.807) is 0 Å². The van der Waals surface area contributed by atoms with Crippen molar-refractivity contribution < 1.29 is 4.79 Å². The molecule has 2 amide bonds. The van der Waals surface area contributed by atoms with Gasteiger partial charge >= 0.3 is 6.03 Å². The molecule has 1 aromatic rings. The second-order valence-electron chi connectivity index (χ2n) is 7.66. The molecule has 2 aliphatic heterocycles. The van der Waals surface area contributed by atoms with E-state index in [0.29, 0.717) is 12.0 Å². The number of carbonyl (C=O) groups is 1. The van der Waals surface area contributed by atoms with E-state index in [1.807, 2.05) is 0 Å². The maximum Gasteiger partial charge on any atom is 0.315 e. The molecule has 0 aliphatic carbocycles. The number of hydrogen-bond donors (Lipinski definition) is 2. The smallest absolute Gasteiger partial charge is 0.315 e. The summed E-state index contributed by atoms with van der Waals surface area (Å²) in [5.74, 6) is 0.604. The Morgan fingerprint density at radius 3 is 2.60 bits per heavy atom. The molecule has 1 atom stereocenters. The van der Waals surface area contributed by atoms with E-state index in [1.165, 1.54) is 24.8 Å². The third-order valence-electron chi connectivity index (χ3n) is 5.47. The summed E-state index contributed by atoms with van der Waals surface area (Å²) in [5, 5.41) is 6.22. The average Bonchev–Trinajstić information content (AvgIpc) is 2.62. The molecule has 0 spiro atoms. The van der Waals surface area contributed by atoms with Gasteiger partial charge in [0.1, 0.15) is 0 Å². The van der Waals surface area contributed by atoms with Crippen molar-refractivity contribution in [2.24, 2.45) is 5.92 Å². The zero-order chi connectivity index (χ0) is 17.5. The minimum absolute atomic E-state index is 0.00650. The van der Waals surface area contributed by atoms with Gasteiger partial charge in [-0.3, -0.25) is 4.90 Å². The van der Waals surface area contributed by atoms with Gasteiger partial charge in [-0.2, -0.15) is 0 Å². The third-order valence-corrected chi connectivity index (χ3v) is 5.47. The number of hydrogen-bond acceptors (Lipinski definition) is 3. The summed E-state index contributed by atoms with van der Waals surface area (Å²) in [7, 11) is 2.12. The number of likely N-dealkylation sites (N-methyl/N-ethyl adjacent to an activating group) is 1. The normalized spacial score (nSPS) is 23.3. The summed E-state index contributed by atoms with van der Waals surface area (Å²) in [6.07, 6.45) is 4.59. The van der Waals surface area contributed by atoms with E-state index < -0.39 is 0 Å². The first kappa shape index (κ1) is 18.2. The number of carbonyl (C=O) groups excluding carboxylic acids is 1. The fourth-order valence-electron chi connectivity index (χ4n) is 3.95. The van der Waals surface area contributed by atoms with Gasteiger partial charge in [-0.1, -0.05) is 30.3 Å². The minimum atomic E-state index is 0.00650. The molecule has 2 N–H and O–H groups in total. The Hall–Kier alpha value is -1.59. The molecular weight excluding hydrogens is 312 g/mol. The van der Waals surface area contributed by atoms with Crippen LogP contribution in [0, 0.1) is 5.92 Å². The minimum Gasteiger partial charge on any atom is -0.338 e. The summed E-state index contributed by atoms with van der Waals surface area (Å²) in [5.41, 5.74) is 1.39. The number of amides is 2. The molecule has 1 unspecified atom stereocenters. The van der Waals surface area contributed by atoms with E-state index in [4.69, 9.17) is 0 Å². The molecular formula is C20H32N4O. The Balaban J connectivity index is 1.31. The monoisotopic (exact) mass is 344 g/mol. The molecule has 3 rings (SSSR count). The molecule has 1 aromatic carbocycles. The standard InChI is InChI=1S/C20H32N4O/c1-23-11-5-8-19(16-23)22-20(25)21-14-17-9-12-24(13-10-17)15-18-6-3-2-4-7-18/h2-4,6-7,17,19H,5,8-16H2,1H3,(H2,21,22,25). The second-order valence-corrected chi connectivity index (χ2v) is 7.66. The molecule has 0 radical (unpaired) electrons. The van der Waals surface area contributed by atoms with E-state index >= 15 is 0 Å².